The van der Waals surface area contributed by atoms with Gasteiger partial charge >= 0.3 is 11.9 Å². The molecule has 1 saturated heterocycles. The number of hydrogen-bond acceptors (Lipinski definition) is 5. The smallest absolute Gasteiger partial charge is 0.414 e. The number of hydrogen-bond donors (Lipinski definition) is 2. The summed E-state index contributed by atoms with van der Waals surface area (Å²) in [5.41, 5.74) is 2.60. The van der Waals surface area contributed by atoms with Gasteiger partial charge in [0.2, 0.25) is 5.91 Å². The molecule has 3 rings (SSSR count). The fourth-order valence-electron chi connectivity index (χ4n) is 3.51. The maximum absolute atomic E-state index is 12.9. The van der Waals surface area contributed by atoms with Gasteiger partial charge < -0.3 is 15.1 Å². The zero-order valence-corrected chi connectivity index (χ0v) is 18.8. The average Bonchev–Trinajstić information content (AvgIpc) is 3.17. The fourth-order valence-corrected chi connectivity index (χ4v) is 4.46. The van der Waals surface area contributed by atoms with E-state index >= 15 is 0 Å². The second-order valence-electron chi connectivity index (χ2n) is 7.53. The molecule has 0 unspecified atom stereocenters. The molecule has 1 aromatic carbocycles. The predicted octanol–water partition coefficient (Wildman–Crippen LogP) is 3.47. The Labute approximate surface area is 186 Å². The summed E-state index contributed by atoms with van der Waals surface area (Å²) in [7, 11) is 0. The van der Waals surface area contributed by atoms with Gasteiger partial charge in [-0.15, -0.1) is 11.3 Å². The van der Waals surface area contributed by atoms with Gasteiger partial charge in [-0.1, -0.05) is 30.3 Å². The molecule has 2 heterocycles. The van der Waals surface area contributed by atoms with E-state index in [9.17, 15) is 4.79 Å². The zero-order chi connectivity index (χ0) is 22.8. The molecule has 1 aliphatic rings. The Morgan fingerprint density at radius 2 is 1.68 bits per heavy atom. The lowest BCUT2D eigenvalue weighted by Gasteiger charge is -2.34. The molecule has 0 aliphatic carbocycles. The van der Waals surface area contributed by atoms with Crippen LogP contribution in [0.25, 0.3) is 0 Å². The van der Waals surface area contributed by atoms with E-state index in [0.717, 1.165) is 45.6 Å². The van der Waals surface area contributed by atoms with Crippen molar-refractivity contribution < 1.29 is 24.6 Å². The number of amides is 1. The second-order valence-corrected chi connectivity index (χ2v) is 8.53. The number of thiophene rings is 1. The van der Waals surface area contributed by atoms with Gasteiger partial charge in [0, 0.05) is 30.4 Å². The minimum atomic E-state index is -1.82. The number of rotatable bonds is 6. The lowest BCUT2D eigenvalue weighted by molar-refractivity contribution is -0.159. The van der Waals surface area contributed by atoms with Crippen LogP contribution in [-0.4, -0.2) is 57.5 Å². The Morgan fingerprint density at radius 1 is 1.06 bits per heavy atom. The van der Waals surface area contributed by atoms with Crippen molar-refractivity contribution in [2.75, 3.05) is 19.6 Å². The minimum Gasteiger partial charge on any atom is -0.473 e. The van der Waals surface area contributed by atoms with Crippen LogP contribution in [0.5, 0.6) is 0 Å². The summed E-state index contributed by atoms with van der Waals surface area (Å²) in [5.74, 6) is -3.13. The lowest BCUT2D eigenvalue weighted by Crippen LogP contribution is -2.42. The van der Waals surface area contributed by atoms with Gasteiger partial charge in [0.05, 0.1) is 0 Å². The largest absolute Gasteiger partial charge is 0.473 e. The van der Waals surface area contributed by atoms with E-state index in [4.69, 9.17) is 19.8 Å². The SMILES string of the molecule is CCN(Cc1ccccc1)C(=O)C1CCN(Cc2sccc2C)CC1.O=C(O)C(=O)O. The molecule has 2 aromatic rings. The highest BCUT2D eigenvalue weighted by Gasteiger charge is 2.28. The highest BCUT2D eigenvalue weighted by atomic mass is 32.1. The van der Waals surface area contributed by atoms with E-state index in [-0.39, 0.29) is 5.92 Å². The van der Waals surface area contributed by atoms with Crippen molar-refractivity contribution in [3.05, 3.63) is 57.8 Å². The first-order valence-corrected chi connectivity index (χ1v) is 11.2. The van der Waals surface area contributed by atoms with Gasteiger partial charge in [0.15, 0.2) is 0 Å². The molecule has 0 radical (unpaired) electrons. The first-order valence-electron chi connectivity index (χ1n) is 10.4. The lowest BCUT2D eigenvalue weighted by atomic mass is 9.95. The number of likely N-dealkylation sites (tertiary alicyclic amines) is 1. The summed E-state index contributed by atoms with van der Waals surface area (Å²) in [6.07, 6.45) is 1.96. The number of carboxylic acid groups (broad SMARTS) is 2. The molecule has 168 valence electrons. The van der Waals surface area contributed by atoms with Gasteiger partial charge in [0.1, 0.15) is 0 Å². The van der Waals surface area contributed by atoms with Crippen molar-refractivity contribution in [1.82, 2.24) is 9.80 Å². The molecule has 0 bridgehead atoms. The first kappa shape index (κ1) is 24.6. The molecule has 0 atom stereocenters. The van der Waals surface area contributed by atoms with Crippen LogP contribution in [0.2, 0.25) is 0 Å². The third kappa shape index (κ3) is 7.80. The maximum Gasteiger partial charge on any atom is 0.414 e. The third-order valence-electron chi connectivity index (χ3n) is 5.36. The number of aryl methyl sites for hydroxylation is 1. The number of benzene rings is 1. The maximum atomic E-state index is 12.9. The molecule has 1 aromatic heterocycles. The summed E-state index contributed by atoms with van der Waals surface area (Å²) >= 11 is 1.84. The number of carboxylic acids is 2. The van der Waals surface area contributed by atoms with Gasteiger partial charge in [-0.05, 0) is 62.4 Å². The molecular weight excluding hydrogens is 416 g/mol. The van der Waals surface area contributed by atoms with Gasteiger partial charge in [-0.3, -0.25) is 9.69 Å². The average molecular weight is 447 g/mol. The van der Waals surface area contributed by atoms with E-state index < -0.39 is 11.9 Å². The minimum absolute atomic E-state index is 0.185. The number of piperidine rings is 1. The second kappa shape index (κ2) is 12.2. The normalized spacial score (nSPS) is 14.4. The Bertz CT molecular complexity index is 848. The van der Waals surface area contributed by atoms with Crippen molar-refractivity contribution in [1.29, 1.82) is 0 Å². The molecule has 0 saturated carbocycles. The summed E-state index contributed by atoms with van der Waals surface area (Å²) in [6.45, 7) is 8.85. The Hall–Kier alpha value is -2.71. The van der Waals surface area contributed by atoms with Crippen LogP contribution < -0.4 is 0 Å². The highest BCUT2D eigenvalue weighted by molar-refractivity contribution is 7.10. The topological polar surface area (TPSA) is 98.2 Å². The van der Waals surface area contributed by atoms with E-state index in [2.05, 4.69) is 42.3 Å². The van der Waals surface area contributed by atoms with Crippen molar-refractivity contribution in [3.63, 3.8) is 0 Å². The van der Waals surface area contributed by atoms with Gasteiger partial charge in [-0.2, -0.15) is 0 Å². The van der Waals surface area contributed by atoms with Crippen LogP contribution in [0.15, 0.2) is 41.8 Å². The van der Waals surface area contributed by atoms with E-state index in [0.29, 0.717) is 5.91 Å². The van der Waals surface area contributed by atoms with E-state index in [1.165, 1.54) is 16.0 Å². The Morgan fingerprint density at radius 3 is 2.16 bits per heavy atom. The van der Waals surface area contributed by atoms with Crippen LogP contribution in [0.3, 0.4) is 0 Å². The fraction of sp³-hybridized carbons (Fsp3) is 0.435. The Kier molecular flexibility index (Phi) is 9.68. The zero-order valence-electron chi connectivity index (χ0n) is 18.0. The molecule has 1 amide bonds. The van der Waals surface area contributed by atoms with Crippen molar-refractivity contribution in [3.8, 4) is 0 Å². The Balaban J connectivity index is 0.000000501. The molecule has 1 aliphatic heterocycles. The van der Waals surface area contributed by atoms with Crippen LogP contribution in [-0.2, 0) is 27.5 Å². The monoisotopic (exact) mass is 446 g/mol. The number of aliphatic carboxylic acids is 2. The van der Waals surface area contributed by atoms with Crippen LogP contribution in [0, 0.1) is 12.8 Å². The van der Waals surface area contributed by atoms with E-state index in [1.807, 2.05) is 34.4 Å². The molecular formula is C23H30N2O5S. The molecule has 1 fully saturated rings. The van der Waals surface area contributed by atoms with Crippen LogP contribution in [0.1, 0.15) is 35.8 Å². The summed E-state index contributed by atoms with van der Waals surface area (Å²) in [4.78, 5) is 37.1. The van der Waals surface area contributed by atoms with Crippen molar-refractivity contribution >= 4 is 29.2 Å². The molecule has 2 N–H and O–H groups in total. The number of nitrogens with zero attached hydrogens (tertiary/aromatic N) is 2. The van der Waals surface area contributed by atoms with Crippen LogP contribution in [0.4, 0.5) is 0 Å². The molecule has 0 spiro atoms. The van der Waals surface area contributed by atoms with Gasteiger partial charge in [0.25, 0.3) is 0 Å². The molecule has 31 heavy (non-hydrogen) atoms. The number of carbonyl (C=O) groups excluding carboxylic acids is 1. The standard InChI is InChI=1S/C21H28N2OS.C2H2O4/c1-3-23(15-18-7-5-4-6-8-18)21(24)19-9-12-22(13-10-19)16-20-17(2)11-14-25-20;3-1(4)2(5)6/h4-8,11,14,19H,3,9-10,12-13,15-16H2,1-2H3;(H,3,4)(H,5,6). The van der Waals surface area contributed by atoms with Crippen molar-refractivity contribution in [2.24, 2.45) is 5.92 Å². The summed E-state index contributed by atoms with van der Waals surface area (Å²) in [6, 6.07) is 12.5. The quantitative estimate of drug-likeness (QED) is 0.660. The predicted molar refractivity (Wildman–Crippen MR) is 120 cm³/mol. The molecule has 8 heteroatoms. The van der Waals surface area contributed by atoms with Gasteiger partial charge in [-0.25, -0.2) is 9.59 Å². The molecule has 7 nitrogen and oxygen atoms in total. The number of carbonyl (C=O) groups is 3. The highest BCUT2D eigenvalue weighted by Crippen LogP contribution is 2.24. The summed E-state index contributed by atoms with van der Waals surface area (Å²) < 4.78 is 0. The third-order valence-corrected chi connectivity index (χ3v) is 6.37. The summed E-state index contributed by atoms with van der Waals surface area (Å²) in [5, 5.41) is 17.0. The first-order chi connectivity index (χ1) is 14.8. The van der Waals surface area contributed by atoms with Crippen molar-refractivity contribution in [2.45, 2.75) is 39.8 Å². The van der Waals surface area contributed by atoms with E-state index in [1.54, 1.807) is 0 Å². The van der Waals surface area contributed by atoms with Crippen LogP contribution >= 0.6 is 11.3 Å².